The quantitative estimate of drug-likeness (QED) is 0.832. The molecule has 20 heavy (non-hydrogen) atoms. The summed E-state index contributed by atoms with van der Waals surface area (Å²) in [6.07, 6.45) is 0. The minimum Gasteiger partial charge on any atom is -0.542 e. The zero-order chi connectivity index (χ0) is 15.9. The van der Waals surface area contributed by atoms with Gasteiger partial charge in [-0.3, -0.25) is 0 Å². The van der Waals surface area contributed by atoms with Crippen LogP contribution in [-0.4, -0.2) is 16.7 Å². The van der Waals surface area contributed by atoms with Crippen molar-refractivity contribution in [2.45, 2.75) is 43.8 Å². The summed E-state index contributed by atoms with van der Waals surface area (Å²) in [6, 6.07) is 2.70. The van der Waals surface area contributed by atoms with Crippen LogP contribution in [0.4, 0.5) is 0 Å². The summed E-state index contributed by atoms with van der Waals surface area (Å²) < 4.78 is 29.4. The Morgan fingerprint density at radius 2 is 1.70 bits per heavy atom. The van der Waals surface area contributed by atoms with Gasteiger partial charge >= 0.3 is 0 Å². The van der Waals surface area contributed by atoms with E-state index in [0.29, 0.717) is 0 Å². The van der Waals surface area contributed by atoms with Crippen LogP contribution in [0.3, 0.4) is 0 Å². The topological polar surface area (TPSA) is 69.4 Å². The molecule has 0 aliphatic rings. The lowest BCUT2D eigenvalue weighted by Gasteiger charge is -2.37. The Morgan fingerprint density at radius 3 is 2.10 bits per heavy atom. The maximum atomic E-state index is 11.7. The van der Waals surface area contributed by atoms with Crippen molar-refractivity contribution in [1.29, 1.82) is 0 Å². The van der Waals surface area contributed by atoms with Gasteiger partial charge in [-0.2, -0.15) is 0 Å². The molecule has 1 rings (SSSR count). The van der Waals surface area contributed by atoms with Crippen LogP contribution in [-0.2, 0) is 10.0 Å². The lowest BCUT2D eigenvalue weighted by molar-refractivity contribution is 0.480. The van der Waals surface area contributed by atoms with Gasteiger partial charge in [0.05, 0.1) is 5.02 Å². The third kappa shape index (κ3) is 3.89. The highest BCUT2D eigenvalue weighted by Crippen LogP contribution is 2.42. The molecule has 0 saturated carbocycles. The summed E-state index contributed by atoms with van der Waals surface area (Å²) in [4.78, 5) is -0.181. The van der Waals surface area contributed by atoms with Gasteiger partial charge in [-0.1, -0.05) is 44.0 Å². The molecule has 0 aliphatic carbocycles. The first-order valence-electron chi connectivity index (χ1n) is 5.96. The van der Waals surface area contributed by atoms with Crippen molar-refractivity contribution >= 4 is 41.5 Å². The van der Waals surface area contributed by atoms with Gasteiger partial charge in [-0.25, -0.2) is 13.6 Å². The van der Waals surface area contributed by atoms with Gasteiger partial charge in [-0.05, 0) is 30.3 Å². The van der Waals surface area contributed by atoms with Crippen LogP contribution in [0.15, 0.2) is 17.0 Å². The van der Waals surface area contributed by atoms with Crippen molar-refractivity contribution in [3.05, 3.63) is 22.2 Å². The van der Waals surface area contributed by atoms with Crippen molar-refractivity contribution in [2.75, 3.05) is 0 Å². The van der Waals surface area contributed by atoms with E-state index in [4.69, 9.17) is 32.8 Å². The lowest BCUT2D eigenvalue weighted by Crippen LogP contribution is -2.44. The van der Waals surface area contributed by atoms with E-state index in [-0.39, 0.29) is 25.7 Å². The molecule has 2 N–H and O–H groups in total. The number of hydrogen-bond donors (Lipinski definition) is 1. The van der Waals surface area contributed by atoms with Gasteiger partial charge in [0.1, 0.15) is 10.6 Å². The second-order valence-electron chi connectivity index (χ2n) is 6.12. The minimum atomic E-state index is -3.97. The van der Waals surface area contributed by atoms with Crippen LogP contribution < -0.4 is 9.56 Å². The van der Waals surface area contributed by atoms with Gasteiger partial charge < -0.3 is 4.43 Å². The predicted octanol–water partition coefficient (Wildman–Crippen LogP) is 4.02. The summed E-state index contributed by atoms with van der Waals surface area (Å²) in [5, 5.41) is 5.45. The fourth-order valence-electron chi connectivity index (χ4n) is 1.26. The number of primary sulfonamides is 1. The molecule has 0 fully saturated rings. The Bertz CT molecular complexity index is 624. The zero-order valence-corrected chi connectivity index (χ0v) is 15.4. The molecule has 0 atom stereocenters. The maximum Gasteiger partial charge on any atom is 0.250 e. The van der Waals surface area contributed by atoms with Crippen LogP contribution in [0.5, 0.6) is 5.75 Å². The van der Waals surface area contributed by atoms with Crippen LogP contribution in [0.2, 0.25) is 28.2 Å². The van der Waals surface area contributed by atoms with Gasteiger partial charge in [0.2, 0.25) is 10.0 Å². The average Bonchev–Trinajstić information content (AvgIpc) is 2.18. The van der Waals surface area contributed by atoms with Gasteiger partial charge in [-0.15, -0.1) is 0 Å². The van der Waals surface area contributed by atoms with Crippen molar-refractivity contribution in [3.63, 3.8) is 0 Å². The van der Waals surface area contributed by atoms with E-state index in [1.165, 1.54) is 12.1 Å². The summed E-state index contributed by atoms with van der Waals surface area (Å²) in [5.74, 6) is 0.0881. The average molecular weight is 356 g/mol. The SMILES string of the molecule is CC(C)(C)[Si](C)(C)Oc1c(Cl)cc(Cl)cc1S(N)(=O)=O. The molecule has 0 saturated heterocycles. The smallest absolute Gasteiger partial charge is 0.250 e. The predicted molar refractivity (Wildman–Crippen MR) is 85.7 cm³/mol. The van der Waals surface area contributed by atoms with Crippen LogP contribution >= 0.6 is 23.2 Å². The van der Waals surface area contributed by atoms with E-state index in [1.54, 1.807) is 0 Å². The Hall–Kier alpha value is -0.273. The molecular formula is C12H19Cl2NO3SSi. The van der Waals surface area contributed by atoms with E-state index < -0.39 is 18.3 Å². The molecule has 8 heteroatoms. The molecular weight excluding hydrogens is 337 g/mol. The summed E-state index contributed by atoms with van der Waals surface area (Å²) in [7, 11) is -6.22. The first-order chi connectivity index (χ1) is 8.75. The summed E-state index contributed by atoms with van der Waals surface area (Å²) in [6.45, 7) is 10.1. The van der Waals surface area contributed by atoms with E-state index in [9.17, 15) is 8.42 Å². The van der Waals surface area contributed by atoms with E-state index >= 15 is 0 Å². The summed E-state index contributed by atoms with van der Waals surface area (Å²) in [5.41, 5.74) is 0. The molecule has 4 nitrogen and oxygen atoms in total. The highest BCUT2D eigenvalue weighted by atomic mass is 35.5. The molecule has 0 aliphatic heterocycles. The Morgan fingerprint density at radius 1 is 1.20 bits per heavy atom. The first-order valence-corrected chi connectivity index (χ1v) is 11.2. The molecule has 114 valence electrons. The van der Waals surface area contributed by atoms with Crippen molar-refractivity contribution in [2.24, 2.45) is 5.14 Å². The molecule has 0 amide bonds. The zero-order valence-electron chi connectivity index (χ0n) is 12.1. The maximum absolute atomic E-state index is 11.7. The Kier molecular flexibility index (Phi) is 4.88. The third-order valence-corrected chi connectivity index (χ3v) is 9.19. The molecule has 0 spiro atoms. The van der Waals surface area contributed by atoms with Gasteiger partial charge in [0.25, 0.3) is 8.32 Å². The molecule has 1 aromatic carbocycles. The molecule has 0 aromatic heterocycles. The van der Waals surface area contributed by atoms with Crippen molar-refractivity contribution in [3.8, 4) is 5.75 Å². The standard InChI is InChI=1S/C12H19Cl2NO3SSi/c1-12(2,3)20(4,5)18-11-9(14)6-8(13)7-10(11)19(15,16)17/h6-7H,1-5H3,(H2,15,16,17). The number of nitrogens with two attached hydrogens (primary N) is 1. The van der Waals surface area contributed by atoms with E-state index in [1.807, 2.05) is 33.9 Å². The van der Waals surface area contributed by atoms with Gasteiger partial charge in [0.15, 0.2) is 0 Å². The highest BCUT2D eigenvalue weighted by molar-refractivity contribution is 7.89. The molecule has 0 bridgehead atoms. The largest absolute Gasteiger partial charge is 0.542 e. The fraction of sp³-hybridized carbons (Fsp3) is 0.500. The number of benzene rings is 1. The van der Waals surface area contributed by atoms with Crippen LogP contribution in [0.1, 0.15) is 20.8 Å². The lowest BCUT2D eigenvalue weighted by atomic mass is 10.2. The number of sulfonamides is 1. The number of rotatable bonds is 3. The monoisotopic (exact) mass is 355 g/mol. The second kappa shape index (κ2) is 5.49. The Balaban J connectivity index is 3.47. The molecule has 0 radical (unpaired) electrons. The van der Waals surface area contributed by atoms with Crippen LogP contribution in [0, 0.1) is 0 Å². The molecule has 0 unspecified atom stereocenters. The van der Waals surface area contributed by atoms with Crippen LogP contribution in [0.25, 0.3) is 0 Å². The molecule has 0 heterocycles. The number of halogens is 2. The Labute approximate surface area is 131 Å². The molecule has 1 aromatic rings. The van der Waals surface area contributed by atoms with E-state index in [0.717, 1.165) is 0 Å². The minimum absolute atomic E-state index is 0.0881. The van der Waals surface area contributed by atoms with Crippen molar-refractivity contribution in [1.82, 2.24) is 0 Å². The number of hydrogen-bond acceptors (Lipinski definition) is 3. The first kappa shape index (κ1) is 17.8. The third-order valence-electron chi connectivity index (χ3n) is 3.44. The highest BCUT2D eigenvalue weighted by Gasteiger charge is 2.40. The summed E-state index contributed by atoms with van der Waals surface area (Å²) >= 11 is 11.9. The fourth-order valence-corrected chi connectivity index (χ4v) is 3.78. The normalized spacial score (nSPS) is 13.4. The van der Waals surface area contributed by atoms with E-state index in [2.05, 4.69) is 0 Å². The second-order valence-corrected chi connectivity index (χ2v) is 13.2. The van der Waals surface area contributed by atoms with Crippen molar-refractivity contribution < 1.29 is 12.8 Å². The van der Waals surface area contributed by atoms with Gasteiger partial charge in [0, 0.05) is 5.02 Å².